The van der Waals surface area contributed by atoms with Crippen LogP contribution in [0.4, 0.5) is 0 Å². The van der Waals surface area contributed by atoms with E-state index in [1.165, 1.54) is 0 Å². The lowest BCUT2D eigenvalue weighted by molar-refractivity contribution is -0.133. The molecule has 0 bridgehead atoms. The van der Waals surface area contributed by atoms with Crippen LogP contribution in [0.1, 0.15) is 31.4 Å². The van der Waals surface area contributed by atoms with E-state index in [4.69, 9.17) is 4.74 Å². The Morgan fingerprint density at radius 2 is 2.11 bits per heavy atom. The lowest BCUT2D eigenvalue weighted by Gasteiger charge is -2.33. The third-order valence-corrected chi connectivity index (χ3v) is 4.03. The first kappa shape index (κ1) is 12.6. The van der Waals surface area contributed by atoms with Crippen molar-refractivity contribution in [1.82, 2.24) is 10.2 Å². The molecule has 1 aromatic rings. The van der Waals surface area contributed by atoms with Crippen molar-refractivity contribution in [2.75, 3.05) is 13.3 Å². The number of ether oxygens (including phenoxy) is 1. The number of amides is 1. The van der Waals surface area contributed by atoms with Gasteiger partial charge in [-0.3, -0.25) is 10.1 Å². The third-order valence-electron chi connectivity index (χ3n) is 4.03. The van der Waals surface area contributed by atoms with Gasteiger partial charge in [0.15, 0.2) is 0 Å². The minimum absolute atomic E-state index is 0.181. The molecule has 1 N–H and O–H groups in total. The number of rotatable bonds is 2. The molecule has 1 amide bonds. The molecular weight excluding hydrogens is 240 g/mol. The highest BCUT2D eigenvalue weighted by Gasteiger charge is 2.37. The third kappa shape index (κ3) is 2.51. The quantitative estimate of drug-likeness (QED) is 0.879. The molecule has 0 spiro atoms. The lowest BCUT2D eigenvalue weighted by atomic mass is 10.0. The molecule has 2 fully saturated rings. The van der Waals surface area contributed by atoms with Gasteiger partial charge in [0.2, 0.25) is 5.91 Å². The SMILES string of the molecule is CC1CC(N2CNC(c3ccccc3)C2=O)CCO1. The van der Waals surface area contributed by atoms with Crippen LogP contribution < -0.4 is 5.32 Å². The highest BCUT2D eigenvalue weighted by Crippen LogP contribution is 2.26. The lowest BCUT2D eigenvalue weighted by Crippen LogP contribution is -2.43. The second-order valence-electron chi connectivity index (χ2n) is 5.37. The molecule has 1 aromatic carbocycles. The Hall–Kier alpha value is -1.39. The summed E-state index contributed by atoms with van der Waals surface area (Å²) < 4.78 is 5.56. The van der Waals surface area contributed by atoms with Crippen LogP contribution in [0, 0.1) is 0 Å². The van der Waals surface area contributed by atoms with Crippen molar-refractivity contribution in [3.63, 3.8) is 0 Å². The van der Waals surface area contributed by atoms with Gasteiger partial charge in [0.1, 0.15) is 6.04 Å². The van der Waals surface area contributed by atoms with E-state index in [1.807, 2.05) is 35.2 Å². The number of hydrogen-bond acceptors (Lipinski definition) is 3. The van der Waals surface area contributed by atoms with Gasteiger partial charge in [0.25, 0.3) is 0 Å². The van der Waals surface area contributed by atoms with Gasteiger partial charge in [-0.2, -0.15) is 0 Å². The molecule has 3 rings (SSSR count). The highest BCUT2D eigenvalue weighted by molar-refractivity contribution is 5.85. The van der Waals surface area contributed by atoms with E-state index in [0.717, 1.165) is 25.0 Å². The normalized spacial score (nSPS) is 31.7. The van der Waals surface area contributed by atoms with E-state index in [1.54, 1.807) is 0 Å². The molecule has 0 aliphatic carbocycles. The first-order valence-corrected chi connectivity index (χ1v) is 6.96. The average Bonchev–Trinajstić information content (AvgIpc) is 2.81. The summed E-state index contributed by atoms with van der Waals surface area (Å²) in [6.45, 7) is 3.48. The van der Waals surface area contributed by atoms with Crippen molar-refractivity contribution in [2.24, 2.45) is 0 Å². The van der Waals surface area contributed by atoms with E-state index in [2.05, 4.69) is 12.2 Å². The number of hydrogen-bond donors (Lipinski definition) is 1. The standard InChI is InChI=1S/C15H20N2O2/c1-11-9-13(7-8-19-11)17-10-16-14(15(17)18)12-5-3-2-4-6-12/h2-6,11,13-14,16H,7-10H2,1H3. The Labute approximate surface area is 113 Å². The monoisotopic (exact) mass is 260 g/mol. The van der Waals surface area contributed by atoms with E-state index < -0.39 is 0 Å². The molecule has 0 saturated carbocycles. The van der Waals surface area contributed by atoms with Gasteiger partial charge in [0.05, 0.1) is 12.8 Å². The van der Waals surface area contributed by atoms with E-state index in [-0.39, 0.29) is 18.1 Å². The van der Waals surface area contributed by atoms with Crippen molar-refractivity contribution in [3.8, 4) is 0 Å². The second-order valence-corrected chi connectivity index (χ2v) is 5.37. The van der Waals surface area contributed by atoms with Crippen molar-refractivity contribution < 1.29 is 9.53 Å². The summed E-state index contributed by atoms with van der Waals surface area (Å²) in [5, 5.41) is 3.32. The van der Waals surface area contributed by atoms with Gasteiger partial charge < -0.3 is 9.64 Å². The van der Waals surface area contributed by atoms with Crippen LogP contribution in [0.25, 0.3) is 0 Å². The predicted octanol–water partition coefficient (Wildman–Crippen LogP) is 1.68. The van der Waals surface area contributed by atoms with Crippen molar-refractivity contribution in [2.45, 2.75) is 38.0 Å². The molecule has 4 heteroatoms. The van der Waals surface area contributed by atoms with Crippen LogP contribution in [0.2, 0.25) is 0 Å². The molecule has 0 aromatic heterocycles. The minimum Gasteiger partial charge on any atom is -0.378 e. The molecule has 4 nitrogen and oxygen atoms in total. The minimum atomic E-state index is -0.181. The Morgan fingerprint density at radius 1 is 1.32 bits per heavy atom. The molecule has 2 heterocycles. The van der Waals surface area contributed by atoms with Crippen LogP contribution in [-0.4, -0.2) is 36.2 Å². The van der Waals surface area contributed by atoms with Crippen LogP contribution in [0.15, 0.2) is 30.3 Å². The van der Waals surface area contributed by atoms with Crippen molar-refractivity contribution in [1.29, 1.82) is 0 Å². The van der Waals surface area contributed by atoms with Gasteiger partial charge in [-0.25, -0.2) is 0 Å². The van der Waals surface area contributed by atoms with Gasteiger partial charge in [-0.05, 0) is 25.3 Å². The molecule has 2 aliphatic rings. The van der Waals surface area contributed by atoms with E-state index in [0.29, 0.717) is 12.7 Å². The molecule has 2 saturated heterocycles. The average molecular weight is 260 g/mol. The van der Waals surface area contributed by atoms with Gasteiger partial charge in [-0.15, -0.1) is 0 Å². The molecule has 19 heavy (non-hydrogen) atoms. The van der Waals surface area contributed by atoms with Crippen LogP contribution >= 0.6 is 0 Å². The summed E-state index contributed by atoms with van der Waals surface area (Å²) in [5.74, 6) is 0.199. The summed E-state index contributed by atoms with van der Waals surface area (Å²) in [6, 6.07) is 10.1. The molecule has 3 unspecified atom stereocenters. The Morgan fingerprint density at radius 3 is 2.84 bits per heavy atom. The summed E-state index contributed by atoms with van der Waals surface area (Å²) in [4.78, 5) is 14.5. The van der Waals surface area contributed by atoms with E-state index >= 15 is 0 Å². The summed E-state index contributed by atoms with van der Waals surface area (Å²) in [5.41, 5.74) is 1.05. The molecule has 102 valence electrons. The number of nitrogens with one attached hydrogen (secondary N) is 1. The summed E-state index contributed by atoms with van der Waals surface area (Å²) in [7, 11) is 0. The summed E-state index contributed by atoms with van der Waals surface area (Å²) >= 11 is 0. The maximum absolute atomic E-state index is 12.5. The topological polar surface area (TPSA) is 41.6 Å². The smallest absolute Gasteiger partial charge is 0.245 e. The molecule has 3 atom stereocenters. The number of carbonyl (C=O) groups is 1. The molecular formula is C15H20N2O2. The first-order chi connectivity index (χ1) is 9.25. The number of carbonyl (C=O) groups excluding carboxylic acids is 1. The second kappa shape index (κ2) is 5.31. The van der Waals surface area contributed by atoms with Crippen molar-refractivity contribution in [3.05, 3.63) is 35.9 Å². The fraction of sp³-hybridized carbons (Fsp3) is 0.533. The first-order valence-electron chi connectivity index (χ1n) is 6.96. The maximum Gasteiger partial charge on any atom is 0.245 e. The fourth-order valence-corrected chi connectivity index (χ4v) is 2.99. The predicted molar refractivity (Wildman–Crippen MR) is 72.5 cm³/mol. The Kier molecular flexibility index (Phi) is 3.53. The highest BCUT2D eigenvalue weighted by atomic mass is 16.5. The maximum atomic E-state index is 12.5. The Balaban J connectivity index is 1.72. The number of nitrogens with zero attached hydrogens (tertiary/aromatic N) is 1. The Bertz CT molecular complexity index is 449. The van der Waals surface area contributed by atoms with Crippen molar-refractivity contribution >= 4 is 5.91 Å². The fourth-order valence-electron chi connectivity index (χ4n) is 2.99. The largest absolute Gasteiger partial charge is 0.378 e. The van der Waals surface area contributed by atoms with Crippen LogP contribution in [0.3, 0.4) is 0 Å². The molecule has 2 aliphatic heterocycles. The number of benzene rings is 1. The van der Waals surface area contributed by atoms with Crippen LogP contribution in [-0.2, 0) is 9.53 Å². The molecule has 0 radical (unpaired) electrons. The zero-order valence-electron chi connectivity index (χ0n) is 11.2. The van der Waals surface area contributed by atoms with E-state index in [9.17, 15) is 4.79 Å². The van der Waals surface area contributed by atoms with Gasteiger partial charge in [0, 0.05) is 12.6 Å². The zero-order chi connectivity index (χ0) is 13.2. The summed E-state index contributed by atoms with van der Waals surface area (Å²) in [6.07, 6.45) is 2.14. The van der Waals surface area contributed by atoms with Gasteiger partial charge in [-0.1, -0.05) is 30.3 Å². The van der Waals surface area contributed by atoms with Crippen LogP contribution in [0.5, 0.6) is 0 Å². The van der Waals surface area contributed by atoms with Gasteiger partial charge >= 0.3 is 0 Å². The zero-order valence-corrected chi connectivity index (χ0v) is 11.2.